The van der Waals surface area contributed by atoms with Gasteiger partial charge in [0.05, 0.1) is 14.1 Å². The van der Waals surface area contributed by atoms with Gasteiger partial charge < -0.3 is 9.84 Å². The first-order chi connectivity index (χ1) is 4.48. The lowest BCUT2D eigenvalue weighted by atomic mass is 10.5. The molecular weight excluding hydrogens is 134 g/mol. The maximum Gasteiger partial charge on any atom is 0.359 e. The normalized spacial score (nSPS) is 11.5. The van der Waals surface area contributed by atoms with E-state index in [1.165, 1.54) is 0 Å². The average molecular weight is 148 g/mol. The molecule has 0 aliphatic rings. The second-order valence-corrected chi connectivity index (χ2v) is 2.91. The molecule has 0 fully saturated rings. The summed E-state index contributed by atoms with van der Waals surface area (Å²) in [6.07, 6.45) is 0. The molecule has 0 rings (SSSR count). The number of rotatable bonds is 4. The van der Waals surface area contributed by atoms with E-state index >= 15 is 0 Å². The van der Waals surface area contributed by atoms with Crippen molar-refractivity contribution in [3.8, 4) is 0 Å². The molecule has 60 valence electrons. The first-order valence-electron chi connectivity index (χ1n) is 3.01. The molecule has 4 heteroatoms. The second kappa shape index (κ2) is 3.53. The smallest absolute Gasteiger partial charge is 0.359 e. The number of hydrogen-bond donors (Lipinski definition) is 1. The summed E-state index contributed by atoms with van der Waals surface area (Å²) in [5.74, 6) is -0.804. The van der Waals surface area contributed by atoms with Gasteiger partial charge in [0.25, 0.3) is 0 Å². The van der Waals surface area contributed by atoms with Crippen LogP contribution in [0.15, 0.2) is 0 Å². The Morgan fingerprint density at radius 2 is 2.10 bits per heavy atom. The summed E-state index contributed by atoms with van der Waals surface area (Å²) in [6, 6.07) is 0. The largest absolute Gasteiger partial charge is 0.477 e. The summed E-state index contributed by atoms with van der Waals surface area (Å²) in [4.78, 5) is 10.2. The van der Waals surface area contributed by atoms with E-state index in [0.29, 0.717) is 11.2 Å². The zero-order valence-electron chi connectivity index (χ0n) is 6.63. The summed E-state index contributed by atoms with van der Waals surface area (Å²) in [7, 11) is 5.16. The van der Waals surface area contributed by atoms with E-state index in [9.17, 15) is 4.79 Å². The summed E-state index contributed by atoms with van der Waals surface area (Å²) in [5, 5.41) is 8.40. The lowest BCUT2D eigenvalue weighted by Crippen LogP contribution is -2.45. The van der Waals surface area contributed by atoms with Crippen LogP contribution >= 0.6 is 0 Å². The van der Waals surface area contributed by atoms with Crippen molar-refractivity contribution in [3.63, 3.8) is 0 Å². The molecule has 4 nitrogen and oxygen atoms in total. The summed E-state index contributed by atoms with van der Waals surface area (Å²) < 4.78 is 5.17. The Hall–Kier alpha value is -0.610. The van der Waals surface area contributed by atoms with Crippen LogP contribution in [0.3, 0.4) is 0 Å². The van der Waals surface area contributed by atoms with E-state index in [0.717, 1.165) is 0 Å². The number of carboxylic acid groups (broad SMARTS) is 1. The third-order valence-corrected chi connectivity index (χ3v) is 1.04. The minimum Gasteiger partial charge on any atom is -0.477 e. The predicted molar refractivity (Wildman–Crippen MR) is 36.5 cm³/mol. The number of nitrogens with zero attached hydrogens (tertiary/aromatic N) is 1. The lowest BCUT2D eigenvalue weighted by Gasteiger charge is -2.25. The van der Waals surface area contributed by atoms with E-state index in [4.69, 9.17) is 9.84 Å². The molecule has 0 radical (unpaired) electrons. The van der Waals surface area contributed by atoms with Gasteiger partial charge in [-0.05, 0) is 0 Å². The fraction of sp³-hybridized carbons (Fsp3) is 0.833. The molecule has 1 N–H and O–H groups in total. The minimum absolute atomic E-state index is 0.0911. The van der Waals surface area contributed by atoms with Crippen LogP contribution in [0.4, 0.5) is 0 Å². The first kappa shape index (κ1) is 9.39. The molecule has 0 spiro atoms. The molecule has 0 aromatic carbocycles. The van der Waals surface area contributed by atoms with Gasteiger partial charge in [0.15, 0.2) is 13.3 Å². The molecule has 0 atom stereocenters. The number of carboxylic acids is 1. The highest BCUT2D eigenvalue weighted by atomic mass is 16.5. The molecule has 0 saturated heterocycles. The zero-order valence-corrected chi connectivity index (χ0v) is 6.63. The summed E-state index contributed by atoms with van der Waals surface area (Å²) >= 11 is 0. The van der Waals surface area contributed by atoms with Gasteiger partial charge >= 0.3 is 5.97 Å². The summed E-state index contributed by atoms with van der Waals surface area (Å²) in [5.41, 5.74) is 0. The SMILES string of the molecule is COC[N+](C)(C)CC(=O)O. The highest BCUT2D eigenvalue weighted by molar-refractivity contribution is 5.67. The number of methoxy groups -OCH3 is 1. The first-order valence-corrected chi connectivity index (χ1v) is 3.01. The van der Waals surface area contributed by atoms with Gasteiger partial charge in [-0.1, -0.05) is 0 Å². The number of quaternary nitrogens is 1. The minimum atomic E-state index is -0.804. The summed E-state index contributed by atoms with van der Waals surface area (Å²) in [6.45, 7) is 0.514. The van der Waals surface area contributed by atoms with Crippen LogP contribution in [0.2, 0.25) is 0 Å². The van der Waals surface area contributed by atoms with Gasteiger partial charge in [0, 0.05) is 7.11 Å². The number of likely N-dealkylation sites (N-methyl/N-ethyl adjacent to an activating group) is 1. The van der Waals surface area contributed by atoms with Crippen molar-refractivity contribution < 1.29 is 19.1 Å². The van der Waals surface area contributed by atoms with Crippen LogP contribution < -0.4 is 0 Å². The Balaban J connectivity index is 3.74. The van der Waals surface area contributed by atoms with E-state index < -0.39 is 5.97 Å². The molecule has 0 aromatic heterocycles. The van der Waals surface area contributed by atoms with Crippen molar-refractivity contribution in [2.24, 2.45) is 0 Å². The lowest BCUT2D eigenvalue weighted by molar-refractivity contribution is -0.902. The Morgan fingerprint density at radius 1 is 1.60 bits per heavy atom. The van der Waals surface area contributed by atoms with Crippen LogP contribution in [-0.2, 0) is 9.53 Å². The molecule has 0 aliphatic carbocycles. The molecule has 0 saturated carbocycles. The number of aliphatic carboxylic acids is 1. The van der Waals surface area contributed by atoms with E-state index in [1.54, 1.807) is 21.2 Å². The standard InChI is InChI=1S/C6H13NO3/c1-7(2,5-10-3)4-6(8)9/h4-5H2,1-3H3/p+1. The Morgan fingerprint density at radius 3 is 2.40 bits per heavy atom. The van der Waals surface area contributed by atoms with Crippen molar-refractivity contribution in [1.29, 1.82) is 0 Å². The van der Waals surface area contributed by atoms with Crippen LogP contribution in [-0.4, -0.2) is 50.0 Å². The predicted octanol–water partition coefficient (Wildman–Crippen LogP) is -0.249. The Labute approximate surface area is 60.6 Å². The average Bonchev–Trinajstić information content (AvgIpc) is 1.59. The third kappa shape index (κ3) is 4.29. The van der Waals surface area contributed by atoms with Crippen molar-refractivity contribution in [1.82, 2.24) is 0 Å². The molecule has 0 amide bonds. The van der Waals surface area contributed by atoms with Gasteiger partial charge in [0.1, 0.15) is 0 Å². The third-order valence-electron chi connectivity index (χ3n) is 1.04. The molecule has 0 unspecified atom stereocenters. The van der Waals surface area contributed by atoms with Crippen molar-refractivity contribution in [2.75, 3.05) is 34.5 Å². The van der Waals surface area contributed by atoms with Crippen LogP contribution in [0.25, 0.3) is 0 Å². The molecule has 0 heterocycles. The van der Waals surface area contributed by atoms with Crippen LogP contribution in [0.5, 0.6) is 0 Å². The van der Waals surface area contributed by atoms with Gasteiger partial charge in [-0.25, -0.2) is 4.79 Å². The van der Waals surface area contributed by atoms with Crippen LogP contribution in [0, 0.1) is 0 Å². The fourth-order valence-corrected chi connectivity index (χ4v) is 0.761. The highest BCUT2D eigenvalue weighted by Crippen LogP contribution is 1.94. The van der Waals surface area contributed by atoms with Crippen LogP contribution in [0.1, 0.15) is 0 Å². The van der Waals surface area contributed by atoms with E-state index in [2.05, 4.69) is 0 Å². The molecular formula is C6H14NO3+. The fourth-order valence-electron chi connectivity index (χ4n) is 0.761. The number of ether oxygens (including phenoxy) is 1. The van der Waals surface area contributed by atoms with Gasteiger partial charge in [-0.15, -0.1) is 0 Å². The molecule has 0 aromatic rings. The van der Waals surface area contributed by atoms with Crippen molar-refractivity contribution in [3.05, 3.63) is 0 Å². The molecule has 10 heavy (non-hydrogen) atoms. The zero-order chi connectivity index (χ0) is 8.20. The highest BCUT2D eigenvalue weighted by Gasteiger charge is 2.18. The maximum absolute atomic E-state index is 10.2. The quantitative estimate of drug-likeness (QED) is 0.442. The Kier molecular flexibility index (Phi) is 3.32. The Bertz CT molecular complexity index is 122. The molecule has 0 aliphatic heterocycles. The van der Waals surface area contributed by atoms with Crippen molar-refractivity contribution >= 4 is 5.97 Å². The maximum atomic E-state index is 10.2. The van der Waals surface area contributed by atoms with Gasteiger partial charge in [-0.3, -0.25) is 4.48 Å². The van der Waals surface area contributed by atoms with Gasteiger partial charge in [-0.2, -0.15) is 0 Å². The number of hydrogen-bond acceptors (Lipinski definition) is 2. The number of carbonyl (C=O) groups is 1. The monoisotopic (exact) mass is 148 g/mol. The molecule has 0 bridgehead atoms. The van der Waals surface area contributed by atoms with Gasteiger partial charge in [0.2, 0.25) is 0 Å². The van der Waals surface area contributed by atoms with E-state index in [1.807, 2.05) is 0 Å². The topological polar surface area (TPSA) is 46.5 Å². The second-order valence-electron chi connectivity index (χ2n) is 2.91. The van der Waals surface area contributed by atoms with Crippen molar-refractivity contribution in [2.45, 2.75) is 0 Å². The van der Waals surface area contributed by atoms with E-state index in [-0.39, 0.29) is 6.54 Å².